The Morgan fingerprint density at radius 1 is 1.15 bits per heavy atom. The second-order valence-corrected chi connectivity index (χ2v) is 6.48. The number of phenols is 2. The minimum absolute atomic E-state index is 0.0693. The topological polar surface area (TPSA) is 86.8 Å². The third-order valence-corrected chi connectivity index (χ3v) is 4.84. The highest BCUT2D eigenvalue weighted by Crippen LogP contribution is 2.34. The molecule has 6 nitrogen and oxygen atoms in total. The Kier molecular flexibility index (Phi) is 3.99. The molecule has 0 radical (unpaired) electrons. The van der Waals surface area contributed by atoms with Crippen molar-refractivity contribution in [1.29, 1.82) is 0 Å². The van der Waals surface area contributed by atoms with Gasteiger partial charge in [0.05, 0.1) is 11.3 Å². The Labute approximate surface area is 148 Å². The summed E-state index contributed by atoms with van der Waals surface area (Å²) >= 11 is 0. The Balaban J connectivity index is 1.51. The van der Waals surface area contributed by atoms with Crippen molar-refractivity contribution in [2.24, 2.45) is 0 Å². The number of benzene rings is 2. The van der Waals surface area contributed by atoms with Crippen molar-refractivity contribution in [3.05, 3.63) is 53.5 Å². The average molecular weight is 356 g/mol. The quantitative estimate of drug-likeness (QED) is 0.687. The summed E-state index contributed by atoms with van der Waals surface area (Å²) in [5.74, 6) is -0.827. The Morgan fingerprint density at radius 3 is 2.69 bits per heavy atom. The third-order valence-electron chi connectivity index (χ3n) is 4.84. The maximum Gasteiger partial charge on any atom is 0.257 e. The number of halogens is 1. The van der Waals surface area contributed by atoms with Gasteiger partial charge in [-0.25, -0.2) is 4.39 Å². The van der Waals surface area contributed by atoms with E-state index < -0.39 is 0 Å². The number of piperidine rings is 1. The minimum atomic E-state index is -0.339. The van der Waals surface area contributed by atoms with Crippen LogP contribution in [0.2, 0.25) is 0 Å². The van der Waals surface area contributed by atoms with Gasteiger partial charge in [0, 0.05) is 24.4 Å². The maximum absolute atomic E-state index is 13.5. The molecule has 0 bridgehead atoms. The summed E-state index contributed by atoms with van der Waals surface area (Å²) in [5, 5.41) is 24.2. The number of fused-ring (bicyclic) bond motifs is 1. The lowest BCUT2D eigenvalue weighted by Gasteiger charge is -2.31. The van der Waals surface area contributed by atoms with Crippen LogP contribution in [0.4, 0.5) is 4.39 Å². The molecule has 2 heterocycles. The molecule has 1 aliphatic heterocycles. The predicted octanol–water partition coefficient (Wildman–Crippen LogP) is 3.40. The number of rotatable bonds is 2. The number of likely N-dealkylation sites (tertiary alicyclic amines) is 1. The van der Waals surface area contributed by atoms with Crippen molar-refractivity contribution < 1.29 is 23.9 Å². The molecule has 4 rings (SSSR count). The summed E-state index contributed by atoms with van der Waals surface area (Å²) in [6, 6.07) is 8.20. The molecule has 2 aromatic carbocycles. The smallest absolute Gasteiger partial charge is 0.257 e. The lowest BCUT2D eigenvalue weighted by molar-refractivity contribution is 0.0708. The van der Waals surface area contributed by atoms with Crippen molar-refractivity contribution in [3.8, 4) is 11.5 Å². The van der Waals surface area contributed by atoms with Crippen LogP contribution in [-0.4, -0.2) is 39.3 Å². The fraction of sp³-hybridized carbons (Fsp3) is 0.263. The lowest BCUT2D eigenvalue weighted by atomic mass is 9.91. The van der Waals surface area contributed by atoms with Gasteiger partial charge in [0.15, 0.2) is 5.58 Å². The van der Waals surface area contributed by atoms with E-state index in [2.05, 4.69) is 5.16 Å². The summed E-state index contributed by atoms with van der Waals surface area (Å²) in [6.45, 7) is 0.949. The first-order valence-corrected chi connectivity index (χ1v) is 8.39. The van der Waals surface area contributed by atoms with E-state index in [4.69, 9.17) is 4.52 Å². The summed E-state index contributed by atoms with van der Waals surface area (Å²) in [7, 11) is 0. The molecule has 0 atom stereocenters. The number of aromatic hydroxyl groups is 2. The summed E-state index contributed by atoms with van der Waals surface area (Å²) < 4.78 is 18.8. The first-order valence-electron chi connectivity index (χ1n) is 8.39. The van der Waals surface area contributed by atoms with Crippen molar-refractivity contribution in [2.45, 2.75) is 18.8 Å². The molecule has 0 unspecified atom stereocenters. The number of amides is 1. The van der Waals surface area contributed by atoms with Crippen LogP contribution in [0.25, 0.3) is 11.0 Å². The molecule has 134 valence electrons. The molecule has 1 saturated heterocycles. The van der Waals surface area contributed by atoms with Gasteiger partial charge in [-0.2, -0.15) is 0 Å². The molecule has 0 spiro atoms. The fourth-order valence-corrected chi connectivity index (χ4v) is 3.45. The SMILES string of the molecule is O=C(c1cc(O)ccc1O)N1CCC(c2noc3ccc(F)cc23)CC1. The van der Waals surface area contributed by atoms with Crippen LogP contribution in [0.1, 0.15) is 34.8 Å². The zero-order chi connectivity index (χ0) is 18.3. The van der Waals surface area contributed by atoms with Crippen LogP contribution in [-0.2, 0) is 0 Å². The summed E-state index contributed by atoms with van der Waals surface area (Å²) in [4.78, 5) is 14.2. The minimum Gasteiger partial charge on any atom is -0.508 e. The molecule has 1 amide bonds. The van der Waals surface area contributed by atoms with E-state index in [1.807, 2.05) is 0 Å². The highest BCUT2D eigenvalue weighted by molar-refractivity contribution is 5.97. The van der Waals surface area contributed by atoms with Gasteiger partial charge >= 0.3 is 0 Å². The third kappa shape index (κ3) is 2.85. The van der Waals surface area contributed by atoms with Crippen LogP contribution in [0.15, 0.2) is 40.9 Å². The van der Waals surface area contributed by atoms with E-state index in [0.717, 1.165) is 0 Å². The first kappa shape index (κ1) is 16.4. The zero-order valence-electron chi connectivity index (χ0n) is 13.9. The van der Waals surface area contributed by atoms with Crippen molar-refractivity contribution >= 4 is 16.9 Å². The molecule has 1 aliphatic rings. The normalized spacial score (nSPS) is 15.5. The lowest BCUT2D eigenvalue weighted by Crippen LogP contribution is -2.38. The van der Waals surface area contributed by atoms with E-state index in [1.54, 1.807) is 11.0 Å². The summed E-state index contributed by atoms with van der Waals surface area (Å²) in [5.41, 5.74) is 1.34. The second kappa shape index (κ2) is 6.33. The number of carbonyl (C=O) groups excluding carboxylic acids is 1. The van der Waals surface area contributed by atoms with E-state index in [1.165, 1.54) is 30.3 Å². The molecule has 1 aromatic heterocycles. The molecule has 0 aliphatic carbocycles. The van der Waals surface area contributed by atoms with Crippen molar-refractivity contribution in [2.75, 3.05) is 13.1 Å². The van der Waals surface area contributed by atoms with E-state index in [9.17, 15) is 19.4 Å². The van der Waals surface area contributed by atoms with Crippen LogP contribution in [0, 0.1) is 5.82 Å². The highest BCUT2D eigenvalue weighted by Gasteiger charge is 2.29. The largest absolute Gasteiger partial charge is 0.508 e. The van der Waals surface area contributed by atoms with Gasteiger partial charge in [-0.3, -0.25) is 4.79 Å². The van der Waals surface area contributed by atoms with Crippen LogP contribution in [0.3, 0.4) is 0 Å². The number of carbonyl (C=O) groups is 1. The Morgan fingerprint density at radius 2 is 1.92 bits per heavy atom. The van der Waals surface area contributed by atoms with E-state index in [-0.39, 0.29) is 34.7 Å². The van der Waals surface area contributed by atoms with Gasteiger partial charge in [0.2, 0.25) is 0 Å². The molecular weight excluding hydrogens is 339 g/mol. The number of hydrogen-bond donors (Lipinski definition) is 2. The number of nitrogens with zero attached hydrogens (tertiary/aromatic N) is 2. The van der Waals surface area contributed by atoms with Gasteiger partial charge in [0.25, 0.3) is 5.91 Å². The second-order valence-electron chi connectivity index (χ2n) is 6.48. The molecule has 2 N–H and O–H groups in total. The molecule has 0 saturated carbocycles. The van der Waals surface area contributed by atoms with Crippen molar-refractivity contribution in [3.63, 3.8) is 0 Å². The fourth-order valence-electron chi connectivity index (χ4n) is 3.45. The van der Waals surface area contributed by atoms with E-state index >= 15 is 0 Å². The molecule has 1 fully saturated rings. The average Bonchev–Trinajstić information content (AvgIpc) is 3.06. The van der Waals surface area contributed by atoms with Crippen molar-refractivity contribution in [1.82, 2.24) is 10.1 Å². The standard InChI is InChI=1S/C19H17FN2O4/c20-12-1-4-17-15(9-12)18(21-26-17)11-5-7-22(8-6-11)19(25)14-10-13(23)2-3-16(14)24/h1-4,9-11,23-24H,5-8H2. The number of hydrogen-bond acceptors (Lipinski definition) is 5. The van der Waals surface area contributed by atoms with Crippen LogP contribution in [0.5, 0.6) is 11.5 Å². The molecular formula is C19H17FN2O4. The Bertz CT molecular complexity index is 977. The number of aromatic nitrogens is 1. The van der Waals surface area contributed by atoms with E-state index in [0.29, 0.717) is 42.6 Å². The first-order chi connectivity index (χ1) is 12.5. The highest BCUT2D eigenvalue weighted by atomic mass is 19.1. The van der Waals surface area contributed by atoms with Crippen LogP contribution < -0.4 is 0 Å². The molecule has 7 heteroatoms. The monoisotopic (exact) mass is 356 g/mol. The number of phenolic OH excluding ortho intramolecular Hbond substituents is 2. The molecule has 3 aromatic rings. The maximum atomic E-state index is 13.5. The molecule has 26 heavy (non-hydrogen) atoms. The van der Waals surface area contributed by atoms with Gasteiger partial charge in [-0.05, 0) is 49.2 Å². The summed E-state index contributed by atoms with van der Waals surface area (Å²) in [6.07, 6.45) is 1.31. The van der Waals surface area contributed by atoms with Gasteiger partial charge in [0.1, 0.15) is 17.3 Å². The van der Waals surface area contributed by atoms with Crippen LogP contribution >= 0.6 is 0 Å². The zero-order valence-corrected chi connectivity index (χ0v) is 13.9. The van der Waals surface area contributed by atoms with Gasteiger partial charge in [-0.15, -0.1) is 0 Å². The predicted molar refractivity (Wildman–Crippen MR) is 91.6 cm³/mol. The van der Waals surface area contributed by atoms with Gasteiger partial charge < -0.3 is 19.6 Å². The Hall–Kier alpha value is -3.09. The van der Waals surface area contributed by atoms with Gasteiger partial charge in [-0.1, -0.05) is 5.16 Å².